The van der Waals surface area contributed by atoms with E-state index in [0.29, 0.717) is 18.4 Å². The Balaban J connectivity index is 1.72. The number of amides is 1. The normalized spacial score (nSPS) is 20.1. The fourth-order valence-electron chi connectivity index (χ4n) is 2.88. The average Bonchev–Trinajstić information content (AvgIpc) is 2.85. The molecule has 1 fully saturated rings. The molecule has 0 radical (unpaired) electrons. The number of nitrogens with one attached hydrogen (secondary N) is 1. The highest BCUT2D eigenvalue weighted by Crippen LogP contribution is 2.49. The summed E-state index contributed by atoms with van der Waals surface area (Å²) in [7, 11) is -3.36. The first kappa shape index (κ1) is 18.5. The van der Waals surface area contributed by atoms with Gasteiger partial charge in [-0.3, -0.25) is 18.2 Å². The second kappa shape index (κ2) is 7.14. The van der Waals surface area contributed by atoms with Crippen LogP contribution in [0.1, 0.15) is 21.5 Å². The van der Waals surface area contributed by atoms with E-state index in [1.54, 1.807) is 36.4 Å². The van der Waals surface area contributed by atoms with Crippen molar-refractivity contribution in [2.75, 3.05) is 10.8 Å². The van der Waals surface area contributed by atoms with Gasteiger partial charge in [0.05, 0.1) is 6.54 Å². The maximum atomic E-state index is 11.2. The van der Waals surface area contributed by atoms with Crippen LogP contribution in [0.25, 0.3) is 0 Å². The maximum Gasteiger partial charge on any atom is 0.248 e. The molecule has 1 aliphatic rings. The standard InChI is InChI=1S/C17H21N3O5S/c18-17(23)13-3-1-2-11(8-13)4-5-12-6-7-14(15(21)9-12)20-10-16(22)19-26(20,24)25/h1-3,6-9,16,19,21-22,24-25H,4-5,10H2,(H2,18,23). The van der Waals surface area contributed by atoms with Gasteiger partial charge in [-0.2, -0.15) is 4.72 Å². The molecule has 3 rings (SSSR count). The number of primary amides is 1. The summed E-state index contributed by atoms with van der Waals surface area (Å²) in [4.78, 5) is 11.2. The van der Waals surface area contributed by atoms with Gasteiger partial charge in [-0.1, -0.05) is 29.2 Å². The summed E-state index contributed by atoms with van der Waals surface area (Å²) in [5.74, 6) is -0.585. The first-order chi connectivity index (χ1) is 12.3. The third kappa shape index (κ3) is 3.92. The lowest BCUT2D eigenvalue weighted by atomic mass is 10.0. The Kier molecular flexibility index (Phi) is 5.08. The molecule has 2 aromatic carbocycles. The number of carbonyl (C=O) groups excluding carboxylic acids is 1. The molecule has 1 amide bonds. The van der Waals surface area contributed by atoms with Gasteiger partial charge in [0.25, 0.3) is 0 Å². The fourth-order valence-corrected chi connectivity index (χ4v) is 4.23. The minimum atomic E-state index is -3.36. The van der Waals surface area contributed by atoms with E-state index in [9.17, 15) is 24.1 Å². The van der Waals surface area contributed by atoms with Gasteiger partial charge in [-0.15, -0.1) is 0 Å². The zero-order valence-corrected chi connectivity index (χ0v) is 14.7. The zero-order chi connectivity index (χ0) is 18.9. The van der Waals surface area contributed by atoms with E-state index in [0.717, 1.165) is 15.4 Å². The number of β-amino-alcohol motifs (C(OH)–C–C–N with tert-alkyl or cyclic N) is 1. The second-order valence-corrected chi connectivity index (χ2v) is 7.82. The molecule has 0 saturated carbocycles. The Hall–Kier alpha value is -2.30. The second-order valence-electron chi connectivity index (χ2n) is 6.10. The summed E-state index contributed by atoms with van der Waals surface area (Å²) in [6.45, 7) is -0.0465. The largest absolute Gasteiger partial charge is 0.506 e. The number of nitrogens with two attached hydrogens (primary N) is 1. The molecule has 26 heavy (non-hydrogen) atoms. The molecule has 1 heterocycles. The lowest BCUT2D eigenvalue weighted by Crippen LogP contribution is -2.25. The number of carbonyl (C=O) groups is 1. The number of aliphatic hydroxyl groups excluding tert-OH is 1. The average molecular weight is 379 g/mol. The van der Waals surface area contributed by atoms with Crippen LogP contribution in [0, 0.1) is 0 Å². The van der Waals surface area contributed by atoms with Crippen LogP contribution in [0.4, 0.5) is 5.69 Å². The van der Waals surface area contributed by atoms with Crippen molar-refractivity contribution in [3.63, 3.8) is 0 Å². The van der Waals surface area contributed by atoms with E-state index < -0.39 is 23.1 Å². The Bertz CT molecular complexity index is 830. The number of rotatable bonds is 5. The topological polar surface area (TPSA) is 139 Å². The number of aryl methyl sites for hydroxylation is 2. The van der Waals surface area contributed by atoms with Crippen LogP contribution < -0.4 is 14.8 Å². The number of hydrogen-bond acceptors (Lipinski definition) is 7. The Morgan fingerprint density at radius 2 is 1.88 bits per heavy atom. The molecular weight excluding hydrogens is 358 g/mol. The van der Waals surface area contributed by atoms with E-state index in [1.165, 1.54) is 0 Å². The summed E-state index contributed by atoms with van der Waals surface area (Å²) in [6, 6.07) is 12.0. The Morgan fingerprint density at radius 3 is 2.46 bits per heavy atom. The summed E-state index contributed by atoms with van der Waals surface area (Å²) >= 11 is 0. The molecule has 1 atom stereocenters. The van der Waals surface area contributed by atoms with Crippen molar-refractivity contribution in [2.45, 2.75) is 19.1 Å². The van der Waals surface area contributed by atoms with Gasteiger partial charge in [0.15, 0.2) is 0 Å². The molecule has 8 nitrogen and oxygen atoms in total. The molecule has 1 unspecified atom stereocenters. The summed E-state index contributed by atoms with van der Waals surface area (Å²) < 4.78 is 23.3. The van der Waals surface area contributed by atoms with Crippen LogP contribution in [0.3, 0.4) is 0 Å². The molecule has 0 bridgehead atoms. The fraction of sp³-hybridized carbons (Fsp3) is 0.235. The SMILES string of the molecule is NC(=O)c1cccc(CCc2ccc(N3CC(O)NS3(O)O)c(O)c2)c1. The van der Waals surface area contributed by atoms with Crippen molar-refractivity contribution in [1.29, 1.82) is 0 Å². The van der Waals surface area contributed by atoms with Crippen LogP contribution in [-0.2, 0) is 12.8 Å². The Labute approximate surface area is 152 Å². The van der Waals surface area contributed by atoms with Crippen molar-refractivity contribution in [3.05, 3.63) is 59.2 Å². The number of phenols is 1. The first-order valence-electron chi connectivity index (χ1n) is 7.98. The molecule has 0 aromatic heterocycles. The van der Waals surface area contributed by atoms with Crippen LogP contribution in [0.15, 0.2) is 42.5 Å². The first-order valence-corrected chi connectivity index (χ1v) is 9.48. The van der Waals surface area contributed by atoms with Gasteiger partial charge in [0.2, 0.25) is 5.91 Å². The van der Waals surface area contributed by atoms with Crippen molar-refractivity contribution in [2.24, 2.45) is 5.73 Å². The van der Waals surface area contributed by atoms with Gasteiger partial charge >= 0.3 is 0 Å². The smallest absolute Gasteiger partial charge is 0.248 e. The minimum Gasteiger partial charge on any atom is -0.506 e. The number of hydrogen-bond donors (Lipinski definition) is 6. The third-order valence-corrected chi connectivity index (χ3v) is 5.71. The molecule has 0 spiro atoms. The molecule has 0 aliphatic carbocycles. The van der Waals surface area contributed by atoms with Crippen LogP contribution >= 0.6 is 11.0 Å². The number of aliphatic hydroxyl groups is 1. The number of aromatic hydroxyl groups is 1. The number of benzene rings is 2. The molecule has 1 saturated heterocycles. The molecule has 9 heteroatoms. The van der Waals surface area contributed by atoms with Crippen LogP contribution in [-0.4, -0.2) is 38.0 Å². The van der Waals surface area contributed by atoms with Crippen molar-refractivity contribution >= 4 is 22.6 Å². The monoisotopic (exact) mass is 379 g/mol. The number of phenolic OH excluding ortho intramolecular Hbond substituents is 1. The van der Waals surface area contributed by atoms with Crippen molar-refractivity contribution in [3.8, 4) is 5.75 Å². The molecule has 2 aromatic rings. The number of nitrogens with zero attached hydrogens (tertiary/aromatic N) is 1. The molecule has 1 aliphatic heterocycles. The highest BCUT2D eigenvalue weighted by Gasteiger charge is 2.36. The molecule has 140 valence electrons. The van der Waals surface area contributed by atoms with Gasteiger partial charge in [0, 0.05) is 5.56 Å². The van der Waals surface area contributed by atoms with E-state index in [2.05, 4.69) is 4.72 Å². The van der Waals surface area contributed by atoms with Gasteiger partial charge in [-0.05, 0) is 48.2 Å². The lowest BCUT2D eigenvalue weighted by molar-refractivity contribution is 0.1000. The molecule has 7 N–H and O–H groups in total. The third-order valence-electron chi connectivity index (χ3n) is 4.16. The van der Waals surface area contributed by atoms with E-state index in [-0.39, 0.29) is 18.0 Å². The van der Waals surface area contributed by atoms with E-state index >= 15 is 0 Å². The van der Waals surface area contributed by atoms with Crippen molar-refractivity contribution in [1.82, 2.24) is 4.72 Å². The van der Waals surface area contributed by atoms with E-state index in [4.69, 9.17) is 5.73 Å². The zero-order valence-electron chi connectivity index (χ0n) is 13.9. The van der Waals surface area contributed by atoms with Crippen LogP contribution in [0.2, 0.25) is 0 Å². The van der Waals surface area contributed by atoms with Crippen molar-refractivity contribution < 1.29 is 24.1 Å². The Morgan fingerprint density at radius 1 is 1.19 bits per heavy atom. The van der Waals surface area contributed by atoms with Gasteiger partial charge in [0.1, 0.15) is 17.7 Å². The summed E-state index contributed by atoms with van der Waals surface area (Å²) in [5, 5.41) is 19.8. The minimum absolute atomic E-state index is 0.0465. The summed E-state index contributed by atoms with van der Waals surface area (Å²) in [5.41, 5.74) is 7.76. The van der Waals surface area contributed by atoms with E-state index in [1.807, 2.05) is 6.07 Å². The lowest BCUT2D eigenvalue weighted by Gasteiger charge is -2.36. The van der Waals surface area contributed by atoms with Gasteiger partial charge < -0.3 is 15.9 Å². The highest BCUT2D eigenvalue weighted by molar-refractivity contribution is 8.24. The maximum absolute atomic E-state index is 11.2. The van der Waals surface area contributed by atoms with Gasteiger partial charge in [-0.25, -0.2) is 0 Å². The predicted octanol–water partition coefficient (Wildman–Crippen LogP) is 1.58. The summed E-state index contributed by atoms with van der Waals surface area (Å²) in [6.07, 6.45) is 0.184. The highest BCUT2D eigenvalue weighted by atomic mass is 32.3. The number of anilines is 1. The predicted molar refractivity (Wildman–Crippen MR) is 99.8 cm³/mol. The van der Waals surface area contributed by atoms with Crippen LogP contribution in [0.5, 0.6) is 5.75 Å². The quantitative estimate of drug-likeness (QED) is 0.463. The molecular formula is C17H21N3O5S.